The normalized spacial score (nSPS) is 24.2. The highest BCUT2D eigenvalue weighted by Gasteiger charge is 2.55. The Morgan fingerprint density at radius 2 is 1.83 bits per heavy atom. The summed E-state index contributed by atoms with van der Waals surface area (Å²) in [5.74, 6) is -0.523. The van der Waals surface area contributed by atoms with Gasteiger partial charge in [0.1, 0.15) is 16.3 Å². The number of methoxy groups -OCH3 is 1. The smallest absolute Gasteiger partial charge is 0.313 e. The van der Waals surface area contributed by atoms with Gasteiger partial charge in [0.15, 0.2) is 0 Å². The van der Waals surface area contributed by atoms with Gasteiger partial charge in [0.05, 0.1) is 25.7 Å². The fraction of sp³-hybridized carbons (Fsp3) is 0.812. The van der Waals surface area contributed by atoms with Crippen molar-refractivity contribution in [1.29, 1.82) is 0 Å². The molecule has 1 saturated heterocycles. The number of ether oxygens (including phenoxy) is 4. The molecule has 0 N–H and O–H groups in total. The maximum atomic E-state index is 12.4. The number of rotatable bonds is 12. The third-order valence-electron chi connectivity index (χ3n) is 3.95. The Labute approximate surface area is 158 Å². The Balaban J connectivity index is 2.81. The van der Waals surface area contributed by atoms with Crippen molar-refractivity contribution in [2.24, 2.45) is 11.8 Å². The first-order valence-corrected chi connectivity index (χ1v) is 11.3. The van der Waals surface area contributed by atoms with Crippen molar-refractivity contribution in [2.45, 2.75) is 16.4 Å². The highest BCUT2D eigenvalue weighted by Crippen LogP contribution is 2.56. The van der Waals surface area contributed by atoms with Crippen LogP contribution in [0.2, 0.25) is 0 Å². The number of thioether (sulfide) groups is 3. The Morgan fingerprint density at radius 1 is 1.21 bits per heavy atom. The lowest BCUT2D eigenvalue weighted by molar-refractivity contribution is -0.148. The predicted molar refractivity (Wildman–Crippen MR) is 104 cm³/mol. The zero-order valence-electron chi connectivity index (χ0n) is 15.0. The van der Waals surface area contributed by atoms with Gasteiger partial charge < -0.3 is 18.9 Å². The molecule has 24 heavy (non-hydrogen) atoms. The standard InChI is InChI=1S/C16H28O5S3/c1-11(2)13-14(16(22-4,23-5)24-6)12(21-15(13)17)9-20-10-19-8-7-18-3/h12-14H,1,7-10H2,2-6H3/t12-,13+,14-/m1/s1. The first-order chi connectivity index (χ1) is 11.5. The highest BCUT2D eigenvalue weighted by molar-refractivity contribution is 8.33. The molecule has 1 fully saturated rings. The average Bonchev–Trinajstić information content (AvgIpc) is 2.90. The first kappa shape index (κ1) is 22.2. The molecule has 0 unspecified atom stereocenters. The van der Waals surface area contributed by atoms with Crippen LogP contribution in [0.3, 0.4) is 0 Å². The van der Waals surface area contributed by atoms with Crippen LogP contribution in [0.5, 0.6) is 0 Å². The Morgan fingerprint density at radius 3 is 2.33 bits per heavy atom. The van der Waals surface area contributed by atoms with Crippen LogP contribution in [0.15, 0.2) is 12.2 Å². The molecule has 5 nitrogen and oxygen atoms in total. The summed E-state index contributed by atoms with van der Waals surface area (Å²) in [4.78, 5) is 12.4. The van der Waals surface area contributed by atoms with Gasteiger partial charge >= 0.3 is 5.97 Å². The minimum Gasteiger partial charge on any atom is -0.459 e. The van der Waals surface area contributed by atoms with E-state index in [9.17, 15) is 4.79 Å². The highest BCUT2D eigenvalue weighted by atomic mass is 32.3. The van der Waals surface area contributed by atoms with Crippen molar-refractivity contribution >= 4 is 41.3 Å². The average molecular weight is 397 g/mol. The summed E-state index contributed by atoms with van der Waals surface area (Å²) in [6.07, 6.45) is 5.89. The van der Waals surface area contributed by atoms with Gasteiger partial charge in [-0.15, -0.1) is 35.3 Å². The maximum absolute atomic E-state index is 12.4. The number of esters is 1. The van der Waals surface area contributed by atoms with Crippen LogP contribution in [-0.2, 0) is 23.7 Å². The van der Waals surface area contributed by atoms with E-state index in [0.29, 0.717) is 19.8 Å². The van der Waals surface area contributed by atoms with Gasteiger partial charge in [0.2, 0.25) is 0 Å². The molecule has 1 heterocycles. The van der Waals surface area contributed by atoms with Gasteiger partial charge in [-0.1, -0.05) is 12.2 Å². The molecule has 140 valence electrons. The minimum absolute atomic E-state index is 0.0125. The quantitative estimate of drug-likeness (QED) is 0.216. The van der Waals surface area contributed by atoms with Crippen LogP contribution in [0.25, 0.3) is 0 Å². The van der Waals surface area contributed by atoms with Gasteiger partial charge in [-0.3, -0.25) is 4.79 Å². The number of hydrogen-bond acceptors (Lipinski definition) is 8. The van der Waals surface area contributed by atoms with Gasteiger partial charge in [-0.05, 0) is 25.7 Å². The number of hydrogen-bond donors (Lipinski definition) is 0. The van der Waals surface area contributed by atoms with E-state index < -0.39 is 0 Å². The molecule has 0 saturated carbocycles. The summed E-state index contributed by atoms with van der Waals surface area (Å²) < 4.78 is 21.3. The molecule has 0 bridgehead atoms. The summed E-state index contributed by atoms with van der Waals surface area (Å²) in [7, 11) is 1.62. The molecule has 0 aliphatic carbocycles. The monoisotopic (exact) mass is 396 g/mol. The zero-order valence-corrected chi connectivity index (χ0v) is 17.5. The number of cyclic esters (lactones) is 1. The summed E-state index contributed by atoms with van der Waals surface area (Å²) in [6, 6.07) is 0. The van der Waals surface area contributed by atoms with E-state index in [1.54, 1.807) is 42.4 Å². The van der Waals surface area contributed by atoms with E-state index in [0.717, 1.165) is 5.57 Å². The molecule has 8 heteroatoms. The van der Waals surface area contributed by atoms with E-state index in [1.165, 1.54) is 0 Å². The van der Waals surface area contributed by atoms with Crippen molar-refractivity contribution < 1.29 is 23.7 Å². The molecule has 0 aromatic carbocycles. The van der Waals surface area contributed by atoms with Crippen LogP contribution in [0.1, 0.15) is 6.92 Å². The number of carbonyl (C=O) groups excluding carboxylic acids is 1. The van der Waals surface area contributed by atoms with Crippen molar-refractivity contribution in [2.75, 3.05) is 52.5 Å². The second-order valence-electron chi connectivity index (χ2n) is 5.43. The van der Waals surface area contributed by atoms with Crippen LogP contribution in [-0.4, -0.2) is 68.0 Å². The maximum Gasteiger partial charge on any atom is 0.313 e. The Bertz CT molecular complexity index is 406. The van der Waals surface area contributed by atoms with E-state index in [-0.39, 0.29) is 34.1 Å². The second kappa shape index (κ2) is 11.0. The van der Waals surface area contributed by atoms with Crippen molar-refractivity contribution in [3.05, 3.63) is 12.2 Å². The topological polar surface area (TPSA) is 54.0 Å². The molecule has 0 radical (unpaired) electrons. The molecule has 0 aromatic heterocycles. The van der Waals surface area contributed by atoms with Crippen LogP contribution in [0.4, 0.5) is 0 Å². The lowest BCUT2D eigenvalue weighted by atomic mass is 9.87. The fourth-order valence-corrected chi connectivity index (χ4v) is 6.50. The van der Waals surface area contributed by atoms with Crippen LogP contribution in [0, 0.1) is 11.8 Å². The van der Waals surface area contributed by atoms with Crippen LogP contribution >= 0.6 is 35.3 Å². The molecule has 0 amide bonds. The van der Waals surface area contributed by atoms with E-state index in [4.69, 9.17) is 18.9 Å². The van der Waals surface area contributed by atoms with Crippen molar-refractivity contribution in [3.63, 3.8) is 0 Å². The molecule has 0 spiro atoms. The lowest BCUT2D eigenvalue weighted by Gasteiger charge is -2.38. The lowest BCUT2D eigenvalue weighted by Crippen LogP contribution is -2.40. The molecular formula is C16H28O5S3. The van der Waals surface area contributed by atoms with E-state index in [1.807, 2.05) is 6.92 Å². The van der Waals surface area contributed by atoms with Crippen molar-refractivity contribution in [1.82, 2.24) is 0 Å². The molecule has 1 aliphatic heterocycles. The van der Waals surface area contributed by atoms with Crippen LogP contribution < -0.4 is 0 Å². The SMILES string of the molecule is C=C(C)[C@@H]1C(=O)O[C@H](COCOCCOC)[C@H]1C(SC)(SC)SC. The van der Waals surface area contributed by atoms with Gasteiger partial charge in [-0.25, -0.2) is 0 Å². The fourth-order valence-electron chi connectivity index (χ4n) is 2.82. The largest absolute Gasteiger partial charge is 0.459 e. The minimum atomic E-state index is -0.308. The van der Waals surface area contributed by atoms with E-state index >= 15 is 0 Å². The summed E-state index contributed by atoms with van der Waals surface area (Å²) in [5.41, 5.74) is 0.838. The van der Waals surface area contributed by atoms with Crippen molar-refractivity contribution in [3.8, 4) is 0 Å². The third-order valence-corrected chi connectivity index (χ3v) is 9.48. The second-order valence-corrected chi connectivity index (χ2v) is 9.36. The first-order valence-electron chi connectivity index (χ1n) is 7.63. The van der Waals surface area contributed by atoms with Gasteiger partial charge in [0, 0.05) is 13.0 Å². The zero-order chi connectivity index (χ0) is 18.2. The summed E-state index contributed by atoms with van der Waals surface area (Å²) in [6.45, 7) is 7.38. The molecule has 3 atom stereocenters. The number of carbonyl (C=O) groups is 1. The summed E-state index contributed by atoms with van der Waals surface area (Å²) >= 11 is 5.22. The van der Waals surface area contributed by atoms with Gasteiger partial charge in [0.25, 0.3) is 0 Å². The molecule has 1 rings (SSSR count). The Kier molecular flexibility index (Phi) is 10.1. The molecular weight excluding hydrogens is 368 g/mol. The van der Waals surface area contributed by atoms with E-state index in [2.05, 4.69) is 25.3 Å². The Hall–Kier alpha value is 0.140. The summed E-state index contributed by atoms with van der Waals surface area (Å²) in [5, 5.41) is 0. The molecule has 1 aliphatic rings. The molecule has 0 aromatic rings. The predicted octanol–water partition coefficient (Wildman–Crippen LogP) is 3.10. The third kappa shape index (κ3) is 5.32. The van der Waals surface area contributed by atoms with Gasteiger partial charge in [-0.2, -0.15) is 0 Å².